The SMILES string of the molecule is C=CCN(C(=O)CSc1nnc(NC)s1)c1nc(-c2ccccc2)cs1. The van der Waals surface area contributed by atoms with Crippen LogP contribution in [0.4, 0.5) is 10.3 Å². The van der Waals surface area contributed by atoms with Gasteiger partial charge in [-0.05, 0) is 0 Å². The van der Waals surface area contributed by atoms with E-state index in [-0.39, 0.29) is 11.7 Å². The molecule has 0 fully saturated rings. The summed E-state index contributed by atoms with van der Waals surface area (Å²) in [6, 6.07) is 9.92. The van der Waals surface area contributed by atoms with Crippen LogP contribution in [0.5, 0.6) is 0 Å². The van der Waals surface area contributed by atoms with Crippen molar-refractivity contribution in [2.45, 2.75) is 4.34 Å². The Labute approximate surface area is 164 Å². The molecular formula is C17H17N5OS3. The van der Waals surface area contributed by atoms with Gasteiger partial charge in [0.1, 0.15) is 0 Å². The van der Waals surface area contributed by atoms with E-state index in [4.69, 9.17) is 0 Å². The topological polar surface area (TPSA) is 71.0 Å². The van der Waals surface area contributed by atoms with Gasteiger partial charge in [0, 0.05) is 24.5 Å². The largest absolute Gasteiger partial charge is 0.363 e. The van der Waals surface area contributed by atoms with Gasteiger partial charge in [-0.2, -0.15) is 0 Å². The van der Waals surface area contributed by atoms with E-state index in [1.807, 2.05) is 35.7 Å². The van der Waals surface area contributed by atoms with Crippen LogP contribution in [-0.2, 0) is 4.79 Å². The number of aromatic nitrogens is 3. The number of nitrogens with one attached hydrogen (secondary N) is 1. The van der Waals surface area contributed by atoms with Gasteiger partial charge in [0.2, 0.25) is 11.0 Å². The molecule has 9 heteroatoms. The fourth-order valence-electron chi connectivity index (χ4n) is 2.12. The van der Waals surface area contributed by atoms with E-state index in [1.54, 1.807) is 18.0 Å². The van der Waals surface area contributed by atoms with E-state index in [0.717, 1.165) is 20.7 Å². The minimum absolute atomic E-state index is 0.0370. The molecule has 0 aliphatic rings. The molecule has 0 spiro atoms. The highest BCUT2D eigenvalue weighted by Crippen LogP contribution is 2.29. The average Bonchev–Trinajstić information content (AvgIpc) is 3.34. The Morgan fingerprint density at radius 1 is 1.35 bits per heavy atom. The smallest absolute Gasteiger partial charge is 0.239 e. The number of thioether (sulfide) groups is 1. The van der Waals surface area contributed by atoms with E-state index < -0.39 is 0 Å². The number of nitrogens with zero attached hydrogens (tertiary/aromatic N) is 4. The minimum Gasteiger partial charge on any atom is -0.363 e. The Kier molecular flexibility index (Phi) is 6.37. The maximum Gasteiger partial charge on any atom is 0.239 e. The van der Waals surface area contributed by atoms with Gasteiger partial charge >= 0.3 is 0 Å². The molecule has 2 heterocycles. The molecule has 0 unspecified atom stereocenters. The number of carbonyl (C=O) groups excluding carboxylic acids is 1. The highest BCUT2D eigenvalue weighted by Gasteiger charge is 2.19. The second-order valence-electron chi connectivity index (χ2n) is 5.09. The fourth-order valence-corrected chi connectivity index (χ4v) is 4.56. The second-order valence-corrected chi connectivity index (χ2v) is 8.12. The summed E-state index contributed by atoms with van der Waals surface area (Å²) in [4.78, 5) is 19.0. The van der Waals surface area contributed by atoms with Crippen molar-refractivity contribution in [2.24, 2.45) is 0 Å². The van der Waals surface area contributed by atoms with Crippen LogP contribution >= 0.6 is 34.4 Å². The molecule has 0 atom stereocenters. The summed E-state index contributed by atoms with van der Waals surface area (Å²) in [6.07, 6.45) is 1.70. The zero-order chi connectivity index (χ0) is 18.4. The van der Waals surface area contributed by atoms with Gasteiger partial charge in [0.15, 0.2) is 9.47 Å². The molecule has 1 amide bonds. The van der Waals surface area contributed by atoms with Gasteiger partial charge in [0.05, 0.1) is 11.4 Å². The first-order valence-corrected chi connectivity index (χ1v) is 10.5. The van der Waals surface area contributed by atoms with Gasteiger partial charge in [-0.15, -0.1) is 28.1 Å². The number of benzene rings is 1. The summed E-state index contributed by atoms with van der Waals surface area (Å²) in [5.74, 6) is 0.233. The van der Waals surface area contributed by atoms with Crippen LogP contribution in [0.1, 0.15) is 0 Å². The lowest BCUT2D eigenvalue weighted by atomic mass is 10.2. The fraction of sp³-hybridized carbons (Fsp3) is 0.176. The predicted molar refractivity (Wildman–Crippen MR) is 110 cm³/mol. The van der Waals surface area contributed by atoms with Gasteiger partial charge in [0.25, 0.3) is 0 Å². The molecule has 26 heavy (non-hydrogen) atoms. The van der Waals surface area contributed by atoms with Crippen molar-refractivity contribution in [1.29, 1.82) is 0 Å². The van der Waals surface area contributed by atoms with Crippen LogP contribution in [0.3, 0.4) is 0 Å². The highest BCUT2D eigenvalue weighted by atomic mass is 32.2. The van der Waals surface area contributed by atoms with E-state index in [2.05, 4.69) is 27.1 Å². The number of hydrogen-bond donors (Lipinski definition) is 1. The molecular weight excluding hydrogens is 386 g/mol. The first-order valence-electron chi connectivity index (χ1n) is 7.77. The predicted octanol–water partition coefficient (Wildman–Crippen LogP) is 4.01. The van der Waals surface area contributed by atoms with Crippen LogP contribution < -0.4 is 10.2 Å². The number of thiazole rings is 1. The third-order valence-corrected chi connectivity index (χ3v) is 6.27. The van der Waals surface area contributed by atoms with Crippen molar-refractivity contribution < 1.29 is 4.79 Å². The quantitative estimate of drug-likeness (QED) is 0.453. The van der Waals surface area contributed by atoms with Crippen LogP contribution in [0, 0.1) is 0 Å². The number of amides is 1. The van der Waals surface area contributed by atoms with E-state index in [1.165, 1.54) is 34.4 Å². The highest BCUT2D eigenvalue weighted by molar-refractivity contribution is 8.01. The zero-order valence-electron chi connectivity index (χ0n) is 14.1. The van der Waals surface area contributed by atoms with Gasteiger partial charge in [-0.3, -0.25) is 9.69 Å². The first-order chi connectivity index (χ1) is 12.7. The van der Waals surface area contributed by atoms with Crippen molar-refractivity contribution in [3.63, 3.8) is 0 Å². The molecule has 0 saturated carbocycles. The lowest BCUT2D eigenvalue weighted by Crippen LogP contribution is -2.32. The Bertz CT molecular complexity index is 877. The van der Waals surface area contributed by atoms with Crippen molar-refractivity contribution in [2.75, 3.05) is 29.6 Å². The first kappa shape index (κ1) is 18.6. The summed E-state index contributed by atoms with van der Waals surface area (Å²) in [5.41, 5.74) is 1.90. The Balaban J connectivity index is 1.71. The van der Waals surface area contributed by atoms with Crippen molar-refractivity contribution >= 4 is 50.6 Å². The Morgan fingerprint density at radius 2 is 2.15 bits per heavy atom. The molecule has 0 radical (unpaired) electrons. The maximum absolute atomic E-state index is 12.7. The molecule has 0 saturated heterocycles. The summed E-state index contributed by atoms with van der Waals surface area (Å²) >= 11 is 4.25. The molecule has 3 rings (SSSR count). The third-order valence-electron chi connectivity index (χ3n) is 3.34. The van der Waals surface area contributed by atoms with Crippen LogP contribution in [0.2, 0.25) is 0 Å². The van der Waals surface area contributed by atoms with Crippen LogP contribution in [-0.4, -0.2) is 40.4 Å². The zero-order valence-corrected chi connectivity index (χ0v) is 16.5. The van der Waals surface area contributed by atoms with Crippen LogP contribution in [0.25, 0.3) is 11.3 Å². The Morgan fingerprint density at radius 3 is 2.85 bits per heavy atom. The average molecular weight is 404 g/mol. The molecule has 134 valence electrons. The molecule has 2 aromatic heterocycles. The molecule has 0 aliphatic carbocycles. The summed E-state index contributed by atoms with van der Waals surface area (Å²) in [7, 11) is 1.79. The lowest BCUT2D eigenvalue weighted by molar-refractivity contribution is -0.116. The summed E-state index contributed by atoms with van der Waals surface area (Å²) < 4.78 is 0.755. The van der Waals surface area contributed by atoms with Gasteiger partial charge in [-0.25, -0.2) is 4.98 Å². The molecule has 0 bridgehead atoms. The third kappa shape index (κ3) is 4.48. The van der Waals surface area contributed by atoms with Gasteiger partial charge in [-0.1, -0.05) is 59.5 Å². The van der Waals surface area contributed by atoms with Crippen molar-refractivity contribution in [1.82, 2.24) is 15.2 Å². The molecule has 1 N–H and O–H groups in total. The van der Waals surface area contributed by atoms with Crippen molar-refractivity contribution in [3.8, 4) is 11.3 Å². The molecule has 3 aromatic rings. The molecule has 1 aromatic carbocycles. The van der Waals surface area contributed by atoms with E-state index in [0.29, 0.717) is 11.7 Å². The standard InChI is InChI=1S/C17H17N5OS3/c1-3-9-22(14(23)11-25-17-21-20-15(18-2)26-17)16-19-13(10-24-16)12-7-5-4-6-8-12/h3-8,10H,1,9,11H2,2H3,(H,18,20). The molecule has 0 aliphatic heterocycles. The normalized spacial score (nSPS) is 10.5. The number of rotatable bonds is 8. The number of carbonyl (C=O) groups is 1. The Hall–Kier alpha value is -2.23. The van der Waals surface area contributed by atoms with Crippen molar-refractivity contribution in [3.05, 3.63) is 48.4 Å². The minimum atomic E-state index is -0.0370. The van der Waals surface area contributed by atoms with E-state index in [9.17, 15) is 4.79 Å². The molecule has 6 nitrogen and oxygen atoms in total. The summed E-state index contributed by atoms with van der Waals surface area (Å²) in [6.45, 7) is 4.17. The lowest BCUT2D eigenvalue weighted by Gasteiger charge is -2.17. The van der Waals surface area contributed by atoms with Gasteiger partial charge < -0.3 is 5.32 Å². The monoisotopic (exact) mass is 403 g/mol. The maximum atomic E-state index is 12.7. The van der Waals surface area contributed by atoms with Crippen LogP contribution in [0.15, 0.2) is 52.7 Å². The van der Waals surface area contributed by atoms with E-state index >= 15 is 0 Å². The summed E-state index contributed by atoms with van der Waals surface area (Å²) in [5, 5.41) is 14.3. The number of hydrogen-bond acceptors (Lipinski definition) is 8. The number of anilines is 2. The second kappa shape index (κ2) is 8.93.